The molecule has 1 saturated heterocycles. The van der Waals surface area contributed by atoms with Crippen LogP contribution in [0.1, 0.15) is 44.0 Å². The van der Waals surface area contributed by atoms with E-state index in [2.05, 4.69) is 10.1 Å². The zero-order chi connectivity index (χ0) is 10.7. The summed E-state index contributed by atoms with van der Waals surface area (Å²) in [7, 11) is 0. The van der Waals surface area contributed by atoms with Crippen molar-refractivity contribution in [2.45, 2.75) is 38.7 Å². The molecular weight excluding hydrogens is 196 g/mol. The molecule has 2 heterocycles. The molecule has 1 aliphatic heterocycles. The number of carbonyl (C=O) groups excluding carboxylic acids is 1. The molecule has 0 spiro atoms. The zero-order valence-electron chi connectivity index (χ0n) is 8.73. The third-order valence-electron chi connectivity index (χ3n) is 2.39. The second-order valence-corrected chi connectivity index (χ2v) is 3.75. The van der Waals surface area contributed by atoms with E-state index in [9.17, 15) is 4.79 Å². The van der Waals surface area contributed by atoms with Crippen LogP contribution >= 0.6 is 0 Å². The minimum Gasteiger partial charge on any atom is -0.370 e. The smallest absolute Gasteiger partial charge is 0.227 e. The Bertz CT molecular complexity index is 342. The molecular formula is C10H14N2O3. The van der Waals surface area contributed by atoms with Crippen molar-refractivity contribution in [3.05, 3.63) is 11.7 Å². The van der Waals surface area contributed by atoms with Gasteiger partial charge in [-0.1, -0.05) is 5.16 Å². The number of ether oxygens (including phenoxy) is 1. The second-order valence-electron chi connectivity index (χ2n) is 3.75. The van der Waals surface area contributed by atoms with E-state index in [0.29, 0.717) is 24.6 Å². The maximum Gasteiger partial charge on any atom is 0.227 e. The largest absolute Gasteiger partial charge is 0.370 e. The van der Waals surface area contributed by atoms with E-state index in [1.165, 1.54) is 0 Å². The fraction of sp³-hybridized carbons (Fsp3) is 0.700. The van der Waals surface area contributed by atoms with Crippen LogP contribution in [0.4, 0.5) is 0 Å². The highest BCUT2D eigenvalue weighted by Crippen LogP contribution is 2.26. The molecule has 2 rings (SSSR count). The van der Waals surface area contributed by atoms with Gasteiger partial charge in [-0.3, -0.25) is 0 Å². The summed E-state index contributed by atoms with van der Waals surface area (Å²) >= 11 is 0. The average molecular weight is 210 g/mol. The van der Waals surface area contributed by atoms with Crippen LogP contribution in [-0.4, -0.2) is 22.5 Å². The summed E-state index contributed by atoms with van der Waals surface area (Å²) in [6.45, 7) is 2.32. The highest BCUT2D eigenvalue weighted by atomic mass is 16.5. The van der Waals surface area contributed by atoms with E-state index in [-0.39, 0.29) is 11.9 Å². The highest BCUT2D eigenvalue weighted by molar-refractivity contribution is 5.75. The molecule has 15 heavy (non-hydrogen) atoms. The van der Waals surface area contributed by atoms with Crippen LogP contribution < -0.4 is 0 Å². The molecule has 1 aromatic heterocycles. The van der Waals surface area contributed by atoms with Gasteiger partial charge >= 0.3 is 0 Å². The summed E-state index contributed by atoms with van der Waals surface area (Å²) in [6, 6.07) is 0. The zero-order valence-corrected chi connectivity index (χ0v) is 8.73. The lowest BCUT2D eigenvalue weighted by molar-refractivity contribution is -0.117. The quantitative estimate of drug-likeness (QED) is 0.752. The van der Waals surface area contributed by atoms with Gasteiger partial charge in [0.25, 0.3) is 0 Å². The molecule has 0 amide bonds. The molecule has 0 aromatic carbocycles. The summed E-state index contributed by atoms with van der Waals surface area (Å²) in [5, 5.41) is 3.85. The first-order valence-electron chi connectivity index (χ1n) is 5.19. The van der Waals surface area contributed by atoms with Crippen LogP contribution in [0.15, 0.2) is 4.52 Å². The maximum atomic E-state index is 10.8. The minimum absolute atomic E-state index is 0.0140. The lowest BCUT2D eigenvalue weighted by Gasteiger charge is -2.00. The van der Waals surface area contributed by atoms with Gasteiger partial charge in [0.2, 0.25) is 11.7 Å². The van der Waals surface area contributed by atoms with Crippen LogP contribution in [0.3, 0.4) is 0 Å². The Kier molecular flexibility index (Phi) is 3.11. The van der Waals surface area contributed by atoms with E-state index < -0.39 is 0 Å². The predicted molar refractivity (Wildman–Crippen MR) is 51.2 cm³/mol. The molecule has 1 aromatic rings. The molecule has 0 N–H and O–H groups in total. The fourth-order valence-electron chi connectivity index (χ4n) is 1.56. The van der Waals surface area contributed by atoms with E-state index >= 15 is 0 Å². The van der Waals surface area contributed by atoms with Gasteiger partial charge in [-0.2, -0.15) is 4.98 Å². The Morgan fingerprint density at radius 2 is 2.47 bits per heavy atom. The van der Waals surface area contributed by atoms with Crippen molar-refractivity contribution < 1.29 is 14.1 Å². The van der Waals surface area contributed by atoms with Crippen molar-refractivity contribution in [3.63, 3.8) is 0 Å². The first-order chi connectivity index (χ1) is 7.25. The first-order valence-corrected chi connectivity index (χ1v) is 5.19. The van der Waals surface area contributed by atoms with Crippen LogP contribution in [0, 0.1) is 0 Å². The third-order valence-corrected chi connectivity index (χ3v) is 2.39. The van der Waals surface area contributed by atoms with Crippen molar-refractivity contribution in [1.82, 2.24) is 10.1 Å². The van der Waals surface area contributed by atoms with Crippen molar-refractivity contribution in [2.75, 3.05) is 6.61 Å². The lowest BCUT2D eigenvalue weighted by atomic mass is 10.2. The van der Waals surface area contributed by atoms with E-state index in [1.807, 2.05) is 0 Å². The molecule has 1 unspecified atom stereocenters. The molecule has 82 valence electrons. The highest BCUT2D eigenvalue weighted by Gasteiger charge is 2.22. The number of Topliss-reactive ketones (excluding diaryl/α,β-unsaturated/α-hetero) is 1. The molecule has 5 heteroatoms. The molecule has 5 nitrogen and oxygen atoms in total. The minimum atomic E-state index is -0.0140. The second kappa shape index (κ2) is 4.53. The molecule has 1 fully saturated rings. The number of hydrogen-bond acceptors (Lipinski definition) is 5. The Balaban J connectivity index is 1.94. The van der Waals surface area contributed by atoms with Crippen molar-refractivity contribution >= 4 is 5.78 Å². The number of nitrogens with zero attached hydrogens (tertiary/aromatic N) is 2. The van der Waals surface area contributed by atoms with Crippen molar-refractivity contribution in [1.29, 1.82) is 0 Å². The summed E-state index contributed by atoms with van der Waals surface area (Å²) in [4.78, 5) is 15.0. The van der Waals surface area contributed by atoms with Crippen LogP contribution in [-0.2, 0) is 16.0 Å². The fourth-order valence-corrected chi connectivity index (χ4v) is 1.56. The average Bonchev–Trinajstić information content (AvgIpc) is 2.85. The van der Waals surface area contributed by atoms with Gasteiger partial charge in [0, 0.05) is 19.4 Å². The normalized spacial score (nSPS) is 20.7. The third kappa shape index (κ3) is 2.62. The van der Waals surface area contributed by atoms with Crippen LogP contribution in [0.25, 0.3) is 0 Å². The summed E-state index contributed by atoms with van der Waals surface area (Å²) in [5.41, 5.74) is 0. The number of ketones is 1. The van der Waals surface area contributed by atoms with Gasteiger partial charge in [0.1, 0.15) is 11.9 Å². The number of hydrogen-bond donors (Lipinski definition) is 0. The molecule has 1 atom stereocenters. The predicted octanol–water partition coefficient (Wildman–Crippen LogP) is 1.44. The molecule has 0 bridgehead atoms. The van der Waals surface area contributed by atoms with Gasteiger partial charge in [0.15, 0.2) is 0 Å². The summed E-state index contributed by atoms with van der Waals surface area (Å²) in [5.74, 6) is 1.27. The topological polar surface area (TPSA) is 65.2 Å². The van der Waals surface area contributed by atoms with Crippen molar-refractivity contribution in [2.24, 2.45) is 0 Å². The Labute approximate surface area is 87.8 Å². The van der Waals surface area contributed by atoms with Gasteiger partial charge in [-0.25, -0.2) is 0 Å². The molecule has 0 radical (unpaired) electrons. The first kappa shape index (κ1) is 10.3. The SMILES string of the molecule is CC(=O)CCc1nc(C2CCCO2)no1. The van der Waals surface area contributed by atoms with Crippen molar-refractivity contribution in [3.8, 4) is 0 Å². The lowest BCUT2D eigenvalue weighted by Crippen LogP contribution is -1.99. The molecule has 1 aliphatic rings. The van der Waals surface area contributed by atoms with Crippen LogP contribution in [0.5, 0.6) is 0 Å². The summed E-state index contributed by atoms with van der Waals surface area (Å²) in [6.07, 6.45) is 2.95. The monoisotopic (exact) mass is 210 g/mol. The van der Waals surface area contributed by atoms with E-state index in [0.717, 1.165) is 19.4 Å². The Hall–Kier alpha value is -1.23. The number of aryl methyl sites for hydroxylation is 1. The van der Waals surface area contributed by atoms with E-state index in [4.69, 9.17) is 9.26 Å². The van der Waals surface area contributed by atoms with Gasteiger partial charge < -0.3 is 14.1 Å². The van der Waals surface area contributed by atoms with Gasteiger partial charge in [-0.05, 0) is 19.8 Å². The Morgan fingerprint density at radius 1 is 1.60 bits per heavy atom. The standard InChI is InChI=1S/C10H14N2O3/c1-7(13)4-5-9-11-10(12-15-9)8-3-2-6-14-8/h8H,2-6H2,1H3. The number of aromatic nitrogens is 2. The Morgan fingerprint density at radius 3 is 3.13 bits per heavy atom. The number of carbonyl (C=O) groups is 1. The molecule has 0 saturated carbocycles. The summed E-state index contributed by atoms with van der Waals surface area (Å²) < 4.78 is 10.5. The number of rotatable bonds is 4. The van der Waals surface area contributed by atoms with Gasteiger partial charge in [0.05, 0.1) is 0 Å². The maximum absolute atomic E-state index is 10.8. The van der Waals surface area contributed by atoms with Crippen LogP contribution in [0.2, 0.25) is 0 Å². The van der Waals surface area contributed by atoms with E-state index in [1.54, 1.807) is 6.92 Å². The van der Waals surface area contributed by atoms with Gasteiger partial charge in [-0.15, -0.1) is 0 Å². The molecule has 0 aliphatic carbocycles.